The molecular weight excluding hydrogens is 384 g/mol. The fourth-order valence-electron chi connectivity index (χ4n) is 3.92. The second-order valence-electron chi connectivity index (χ2n) is 8.49. The number of piperidine rings is 1. The van der Waals surface area contributed by atoms with Crippen LogP contribution in [0.2, 0.25) is 0 Å². The Morgan fingerprint density at radius 1 is 1.03 bits per heavy atom. The highest BCUT2D eigenvalue weighted by Gasteiger charge is 2.41. The van der Waals surface area contributed by atoms with E-state index < -0.39 is 15.4 Å². The van der Waals surface area contributed by atoms with Gasteiger partial charge in [-0.2, -0.15) is 4.31 Å². The van der Waals surface area contributed by atoms with Crippen LogP contribution in [0.15, 0.2) is 47.4 Å². The summed E-state index contributed by atoms with van der Waals surface area (Å²) in [6, 6.07) is 13.4. The lowest BCUT2D eigenvalue weighted by molar-refractivity contribution is -0.132. The highest BCUT2D eigenvalue weighted by molar-refractivity contribution is 7.89. The summed E-state index contributed by atoms with van der Waals surface area (Å²) < 4.78 is 27.9. The van der Waals surface area contributed by atoms with Crippen molar-refractivity contribution in [2.45, 2.75) is 52.0 Å². The van der Waals surface area contributed by atoms with Gasteiger partial charge in [0.05, 0.1) is 10.3 Å². The molecule has 29 heavy (non-hydrogen) atoms. The molecule has 0 spiro atoms. The minimum absolute atomic E-state index is 0.0987. The van der Waals surface area contributed by atoms with Gasteiger partial charge in [0.2, 0.25) is 15.9 Å². The van der Waals surface area contributed by atoms with E-state index in [9.17, 15) is 13.2 Å². The first-order chi connectivity index (χ1) is 13.6. The third-order valence-electron chi connectivity index (χ3n) is 5.62. The Labute approximate surface area is 174 Å². The predicted octanol–water partition coefficient (Wildman–Crippen LogP) is 3.72. The zero-order valence-corrected chi connectivity index (χ0v) is 18.5. The lowest BCUT2D eigenvalue weighted by Crippen LogP contribution is -2.51. The molecule has 1 unspecified atom stereocenters. The maximum absolute atomic E-state index is 13.2. The van der Waals surface area contributed by atoms with Crippen LogP contribution in [0.25, 0.3) is 0 Å². The van der Waals surface area contributed by atoms with E-state index in [1.165, 1.54) is 9.87 Å². The van der Waals surface area contributed by atoms with Gasteiger partial charge in [0.15, 0.2) is 0 Å². The molecule has 1 saturated heterocycles. The van der Waals surface area contributed by atoms with Crippen LogP contribution in [0.5, 0.6) is 0 Å². The van der Waals surface area contributed by atoms with E-state index in [0.29, 0.717) is 30.8 Å². The maximum atomic E-state index is 13.2. The van der Waals surface area contributed by atoms with Crippen molar-refractivity contribution in [1.82, 2.24) is 9.62 Å². The average molecular weight is 415 g/mol. The van der Waals surface area contributed by atoms with Gasteiger partial charge in [0.1, 0.15) is 0 Å². The maximum Gasteiger partial charge on any atom is 0.243 e. The van der Waals surface area contributed by atoms with Crippen LogP contribution >= 0.6 is 0 Å². The molecule has 1 aliphatic rings. The summed E-state index contributed by atoms with van der Waals surface area (Å²) in [5, 5.41) is 3.00. The molecule has 6 heteroatoms. The Morgan fingerprint density at radius 2 is 1.66 bits per heavy atom. The number of nitrogens with one attached hydrogen (secondary N) is 1. The number of amides is 1. The highest BCUT2D eigenvalue weighted by atomic mass is 32.2. The zero-order chi connectivity index (χ0) is 21.2. The van der Waals surface area contributed by atoms with Gasteiger partial charge in [-0.15, -0.1) is 0 Å². The fraction of sp³-hybridized carbons (Fsp3) is 0.435. The summed E-state index contributed by atoms with van der Waals surface area (Å²) >= 11 is 0. The Morgan fingerprint density at radius 3 is 2.28 bits per heavy atom. The molecule has 1 heterocycles. The molecule has 0 radical (unpaired) electrons. The van der Waals surface area contributed by atoms with Crippen molar-refractivity contribution in [2.75, 3.05) is 13.1 Å². The van der Waals surface area contributed by atoms with Crippen molar-refractivity contribution in [1.29, 1.82) is 0 Å². The molecule has 2 aromatic carbocycles. The second kappa shape index (κ2) is 8.28. The molecular formula is C23H30N2O3S. The smallest absolute Gasteiger partial charge is 0.243 e. The molecule has 0 aliphatic carbocycles. The average Bonchev–Trinajstić information content (AvgIpc) is 2.66. The quantitative estimate of drug-likeness (QED) is 0.811. The van der Waals surface area contributed by atoms with Crippen molar-refractivity contribution in [2.24, 2.45) is 5.41 Å². The SMILES string of the molecule is Cc1ccc(CNC(=O)C2(C)CCCN(S(=O)(=O)c3cc(C)cc(C)c3)C2)cc1. The predicted molar refractivity (Wildman–Crippen MR) is 115 cm³/mol. The van der Waals surface area contributed by atoms with Gasteiger partial charge in [-0.3, -0.25) is 4.79 Å². The molecule has 1 atom stereocenters. The first-order valence-corrected chi connectivity index (χ1v) is 11.5. The summed E-state index contributed by atoms with van der Waals surface area (Å²) in [6.45, 7) is 8.75. The van der Waals surface area contributed by atoms with E-state index in [-0.39, 0.29) is 12.5 Å². The molecule has 0 saturated carbocycles. The van der Waals surface area contributed by atoms with Crippen LogP contribution in [0.3, 0.4) is 0 Å². The monoisotopic (exact) mass is 414 g/mol. The Kier molecular flexibility index (Phi) is 6.15. The van der Waals surface area contributed by atoms with Crippen LogP contribution in [0.1, 0.15) is 42.0 Å². The largest absolute Gasteiger partial charge is 0.352 e. The number of rotatable bonds is 5. The van der Waals surface area contributed by atoms with Gasteiger partial charge in [-0.1, -0.05) is 35.9 Å². The first-order valence-electron chi connectivity index (χ1n) is 10.0. The molecule has 156 valence electrons. The van der Waals surface area contributed by atoms with Crippen LogP contribution in [0, 0.1) is 26.2 Å². The minimum Gasteiger partial charge on any atom is -0.352 e. The van der Waals surface area contributed by atoms with Gasteiger partial charge in [0.25, 0.3) is 0 Å². The van der Waals surface area contributed by atoms with Crippen LogP contribution in [0.4, 0.5) is 0 Å². The summed E-state index contributed by atoms with van der Waals surface area (Å²) in [7, 11) is -3.63. The van der Waals surface area contributed by atoms with E-state index in [1.54, 1.807) is 12.1 Å². The molecule has 1 N–H and O–H groups in total. The third-order valence-corrected chi connectivity index (χ3v) is 7.44. The zero-order valence-electron chi connectivity index (χ0n) is 17.7. The topological polar surface area (TPSA) is 66.5 Å². The molecule has 0 bridgehead atoms. The van der Waals surface area contributed by atoms with Crippen LogP contribution in [-0.4, -0.2) is 31.7 Å². The number of sulfonamides is 1. The Hall–Kier alpha value is -2.18. The summed E-state index contributed by atoms with van der Waals surface area (Å²) in [4.78, 5) is 13.2. The summed E-state index contributed by atoms with van der Waals surface area (Å²) in [6.07, 6.45) is 1.34. The highest BCUT2D eigenvalue weighted by Crippen LogP contribution is 2.33. The lowest BCUT2D eigenvalue weighted by atomic mass is 9.82. The molecule has 1 aliphatic heterocycles. The lowest BCUT2D eigenvalue weighted by Gasteiger charge is -2.38. The van der Waals surface area contributed by atoms with Gasteiger partial charge in [-0.25, -0.2) is 8.42 Å². The Balaban J connectivity index is 1.74. The molecule has 1 amide bonds. The number of nitrogens with zero attached hydrogens (tertiary/aromatic N) is 1. The van der Waals surface area contributed by atoms with E-state index in [2.05, 4.69) is 5.32 Å². The molecule has 5 nitrogen and oxygen atoms in total. The number of hydrogen-bond acceptors (Lipinski definition) is 3. The summed E-state index contributed by atoms with van der Waals surface area (Å²) in [5.41, 5.74) is 3.29. The van der Waals surface area contributed by atoms with E-state index in [0.717, 1.165) is 16.7 Å². The normalized spacial score (nSPS) is 20.4. The minimum atomic E-state index is -3.63. The van der Waals surface area contributed by atoms with Crippen molar-refractivity contribution in [3.8, 4) is 0 Å². The standard InChI is InChI=1S/C23H30N2O3S/c1-17-6-8-20(9-7-17)15-24-22(26)23(4)10-5-11-25(16-23)29(27,28)21-13-18(2)12-19(3)14-21/h6-9,12-14H,5,10-11,15-16H2,1-4H3,(H,24,26). The second-order valence-corrected chi connectivity index (χ2v) is 10.4. The molecule has 1 fully saturated rings. The van der Waals surface area contributed by atoms with E-state index >= 15 is 0 Å². The number of carbonyl (C=O) groups is 1. The van der Waals surface area contributed by atoms with Crippen molar-refractivity contribution in [3.63, 3.8) is 0 Å². The van der Waals surface area contributed by atoms with Crippen molar-refractivity contribution < 1.29 is 13.2 Å². The Bertz CT molecular complexity index is 979. The third kappa shape index (κ3) is 4.87. The number of aryl methyl sites for hydroxylation is 3. The van der Waals surface area contributed by atoms with Crippen molar-refractivity contribution >= 4 is 15.9 Å². The van der Waals surface area contributed by atoms with Gasteiger partial charge in [0, 0.05) is 19.6 Å². The van der Waals surface area contributed by atoms with Gasteiger partial charge in [-0.05, 0) is 69.4 Å². The van der Waals surface area contributed by atoms with Crippen LogP contribution < -0.4 is 5.32 Å². The van der Waals surface area contributed by atoms with Crippen molar-refractivity contribution in [3.05, 3.63) is 64.7 Å². The number of benzene rings is 2. The number of hydrogen-bond donors (Lipinski definition) is 1. The molecule has 3 rings (SSSR count). The number of carbonyl (C=O) groups excluding carboxylic acids is 1. The first kappa shape index (κ1) is 21.5. The van der Waals surface area contributed by atoms with Crippen LogP contribution in [-0.2, 0) is 21.4 Å². The molecule has 0 aromatic heterocycles. The summed E-state index contributed by atoms with van der Waals surface area (Å²) in [5.74, 6) is -0.0987. The van der Waals surface area contributed by atoms with E-state index in [4.69, 9.17) is 0 Å². The fourth-order valence-corrected chi connectivity index (χ4v) is 5.71. The van der Waals surface area contributed by atoms with E-state index in [1.807, 2.05) is 58.0 Å². The van der Waals surface area contributed by atoms with Gasteiger partial charge >= 0.3 is 0 Å². The molecule has 2 aromatic rings. The van der Waals surface area contributed by atoms with Gasteiger partial charge < -0.3 is 5.32 Å².